The van der Waals surface area contributed by atoms with Crippen LogP contribution in [0.1, 0.15) is 24.8 Å². The summed E-state index contributed by atoms with van der Waals surface area (Å²) in [6, 6.07) is 3.62. The number of sulfonamides is 1. The van der Waals surface area contributed by atoms with Crippen molar-refractivity contribution in [3.63, 3.8) is 0 Å². The molecule has 0 spiro atoms. The first-order valence-electron chi connectivity index (χ1n) is 4.72. The summed E-state index contributed by atoms with van der Waals surface area (Å²) >= 11 is 1.53. The Hall–Kier alpha value is -0.430. The first-order chi connectivity index (χ1) is 6.97. The molecule has 1 rings (SSSR count). The fraction of sp³-hybridized carbons (Fsp3) is 0.556. The van der Waals surface area contributed by atoms with Crippen LogP contribution >= 0.6 is 11.3 Å². The lowest BCUT2D eigenvalue weighted by molar-refractivity contribution is 0.556. The van der Waals surface area contributed by atoms with Gasteiger partial charge < -0.3 is 5.73 Å². The molecule has 0 saturated carbocycles. The smallest absolute Gasteiger partial charge is 0.216 e. The number of rotatable bonds is 5. The molecule has 0 saturated heterocycles. The number of hydrogen-bond acceptors (Lipinski definition) is 4. The summed E-state index contributed by atoms with van der Waals surface area (Å²) in [5.41, 5.74) is 5.34. The van der Waals surface area contributed by atoms with Gasteiger partial charge in [0, 0.05) is 11.4 Å². The summed E-state index contributed by atoms with van der Waals surface area (Å²) in [4.78, 5) is 1.00. The highest BCUT2D eigenvalue weighted by molar-refractivity contribution is 7.90. The van der Waals surface area contributed by atoms with Crippen LogP contribution in [0, 0.1) is 0 Å². The SMILES string of the molecule is CC(NS(=O)(=O)C(C)CN)c1cccs1. The van der Waals surface area contributed by atoms with Crippen LogP contribution in [-0.4, -0.2) is 20.2 Å². The van der Waals surface area contributed by atoms with Crippen molar-refractivity contribution < 1.29 is 8.42 Å². The normalized spacial score (nSPS) is 16.2. The van der Waals surface area contributed by atoms with Crippen LogP contribution in [0.15, 0.2) is 17.5 Å². The van der Waals surface area contributed by atoms with Gasteiger partial charge in [-0.2, -0.15) is 0 Å². The van der Waals surface area contributed by atoms with E-state index in [1.54, 1.807) is 6.92 Å². The van der Waals surface area contributed by atoms with Crippen molar-refractivity contribution in [3.8, 4) is 0 Å². The molecule has 3 N–H and O–H groups in total. The molecule has 0 aliphatic carbocycles. The molecule has 0 aromatic carbocycles. The molecule has 0 fully saturated rings. The predicted octanol–water partition coefficient (Wildman–Crippen LogP) is 1.08. The number of thiophene rings is 1. The summed E-state index contributed by atoms with van der Waals surface area (Å²) in [7, 11) is -3.30. The van der Waals surface area contributed by atoms with Gasteiger partial charge in [-0.3, -0.25) is 0 Å². The second-order valence-electron chi connectivity index (χ2n) is 3.45. The molecule has 2 atom stereocenters. The van der Waals surface area contributed by atoms with Crippen molar-refractivity contribution in [3.05, 3.63) is 22.4 Å². The van der Waals surface area contributed by atoms with E-state index in [0.717, 1.165) is 4.88 Å². The minimum Gasteiger partial charge on any atom is -0.329 e. The van der Waals surface area contributed by atoms with Gasteiger partial charge in [-0.05, 0) is 25.3 Å². The molecule has 1 aromatic rings. The zero-order valence-corrected chi connectivity index (χ0v) is 10.4. The lowest BCUT2D eigenvalue weighted by atomic mass is 10.3. The summed E-state index contributed by atoms with van der Waals surface area (Å²) in [6.07, 6.45) is 0. The van der Waals surface area contributed by atoms with Gasteiger partial charge in [0.1, 0.15) is 0 Å². The molecule has 1 aromatic heterocycles. The number of hydrogen-bond donors (Lipinski definition) is 2. The van der Waals surface area contributed by atoms with E-state index in [0.29, 0.717) is 0 Å². The van der Waals surface area contributed by atoms with E-state index in [1.165, 1.54) is 11.3 Å². The van der Waals surface area contributed by atoms with Gasteiger partial charge in [0.05, 0.1) is 11.3 Å². The molecule has 0 aliphatic rings. The van der Waals surface area contributed by atoms with E-state index in [9.17, 15) is 8.42 Å². The largest absolute Gasteiger partial charge is 0.329 e. The first-order valence-corrected chi connectivity index (χ1v) is 7.14. The molecule has 86 valence electrons. The lowest BCUT2D eigenvalue weighted by Crippen LogP contribution is -2.38. The third kappa shape index (κ3) is 3.27. The van der Waals surface area contributed by atoms with Gasteiger partial charge in [-0.15, -0.1) is 11.3 Å². The Balaban J connectivity index is 2.70. The molecule has 4 nitrogen and oxygen atoms in total. The van der Waals surface area contributed by atoms with Gasteiger partial charge in [0.15, 0.2) is 0 Å². The Kier molecular flexibility index (Phi) is 4.27. The first kappa shape index (κ1) is 12.6. The summed E-state index contributed by atoms with van der Waals surface area (Å²) in [5.74, 6) is 0. The van der Waals surface area contributed by atoms with Crippen LogP contribution in [0.4, 0.5) is 0 Å². The summed E-state index contributed by atoms with van der Waals surface area (Å²) in [6.45, 7) is 3.56. The van der Waals surface area contributed by atoms with Crippen LogP contribution < -0.4 is 10.5 Å². The van der Waals surface area contributed by atoms with Crippen LogP contribution in [0.2, 0.25) is 0 Å². The van der Waals surface area contributed by atoms with E-state index < -0.39 is 15.3 Å². The molecule has 0 amide bonds. The topological polar surface area (TPSA) is 72.2 Å². The van der Waals surface area contributed by atoms with Gasteiger partial charge in [0.25, 0.3) is 0 Å². The maximum absolute atomic E-state index is 11.7. The fourth-order valence-electron chi connectivity index (χ4n) is 1.08. The van der Waals surface area contributed by atoms with Crippen LogP contribution in [0.3, 0.4) is 0 Å². The zero-order valence-electron chi connectivity index (χ0n) is 8.80. The van der Waals surface area contributed by atoms with Crippen molar-refractivity contribution in [2.45, 2.75) is 25.1 Å². The average molecular weight is 248 g/mol. The third-order valence-corrected chi connectivity index (χ3v) is 5.16. The van der Waals surface area contributed by atoms with E-state index in [-0.39, 0.29) is 12.6 Å². The highest BCUT2D eigenvalue weighted by atomic mass is 32.2. The molecule has 0 aliphatic heterocycles. The Labute approximate surface area is 94.5 Å². The van der Waals surface area contributed by atoms with Crippen molar-refractivity contribution in [2.75, 3.05) is 6.54 Å². The van der Waals surface area contributed by atoms with E-state index in [4.69, 9.17) is 5.73 Å². The quantitative estimate of drug-likeness (QED) is 0.819. The standard InChI is InChI=1S/C9H16N2O2S2/c1-7(6-10)15(12,13)11-8(2)9-4-3-5-14-9/h3-5,7-8,11H,6,10H2,1-2H3. The monoisotopic (exact) mass is 248 g/mol. The Morgan fingerprint density at radius 3 is 2.67 bits per heavy atom. The number of nitrogens with one attached hydrogen (secondary N) is 1. The zero-order chi connectivity index (χ0) is 11.5. The molecule has 15 heavy (non-hydrogen) atoms. The number of nitrogens with two attached hydrogens (primary N) is 1. The van der Waals surface area contributed by atoms with Gasteiger partial charge in [0.2, 0.25) is 10.0 Å². The van der Waals surface area contributed by atoms with Crippen LogP contribution in [0.5, 0.6) is 0 Å². The van der Waals surface area contributed by atoms with Crippen LogP contribution in [0.25, 0.3) is 0 Å². The van der Waals surface area contributed by atoms with Crippen LogP contribution in [-0.2, 0) is 10.0 Å². The van der Waals surface area contributed by atoms with Crippen molar-refractivity contribution in [1.82, 2.24) is 4.72 Å². The predicted molar refractivity (Wildman–Crippen MR) is 63.3 cm³/mol. The Bertz CT molecular complexity index is 386. The maximum atomic E-state index is 11.7. The molecule has 1 heterocycles. The molecule has 6 heteroatoms. The van der Waals surface area contributed by atoms with E-state index in [1.807, 2.05) is 24.4 Å². The minimum absolute atomic E-state index is 0.131. The fourth-order valence-corrected chi connectivity index (χ4v) is 3.00. The van der Waals surface area contributed by atoms with E-state index in [2.05, 4.69) is 4.72 Å². The highest BCUT2D eigenvalue weighted by Crippen LogP contribution is 2.19. The highest BCUT2D eigenvalue weighted by Gasteiger charge is 2.22. The lowest BCUT2D eigenvalue weighted by Gasteiger charge is -2.16. The Morgan fingerprint density at radius 1 is 1.53 bits per heavy atom. The average Bonchev–Trinajstić information content (AvgIpc) is 2.68. The molecule has 0 bridgehead atoms. The summed E-state index contributed by atoms with van der Waals surface area (Å²) < 4.78 is 26.0. The molecule has 0 radical (unpaired) electrons. The second kappa shape index (κ2) is 5.07. The van der Waals surface area contributed by atoms with Gasteiger partial charge in [-0.25, -0.2) is 13.1 Å². The molecular formula is C9H16N2O2S2. The van der Waals surface area contributed by atoms with Crippen molar-refractivity contribution >= 4 is 21.4 Å². The van der Waals surface area contributed by atoms with Gasteiger partial charge >= 0.3 is 0 Å². The third-order valence-electron chi connectivity index (χ3n) is 2.17. The van der Waals surface area contributed by atoms with Crippen molar-refractivity contribution in [1.29, 1.82) is 0 Å². The summed E-state index contributed by atoms with van der Waals surface area (Å²) in [5, 5.41) is 1.37. The Morgan fingerprint density at radius 2 is 2.20 bits per heavy atom. The van der Waals surface area contributed by atoms with E-state index >= 15 is 0 Å². The van der Waals surface area contributed by atoms with Crippen molar-refractivity contribution in [2.24, 2.45) is 5.73 Å². The molecule has 2 unspecified atom stereocenters. The second-order valence-corrected chi connectivity index (χ2v) is 6.56. The molecular weight excluding hydrogens is 232 g/mol. The minimum atomic E-state index is -3.30. The van der Waals surface area contributed by atoms with Gasteiger partial charge in [-0.1, -0.05) is 6.07 Å². The maximum Gasteiger partial charge on any atom is 0.216 e.